The molecule has 0 spiro atoms. The summed E-state index contributed by atoms with van der Waals surface area (Å²) in [6, 6.07) is 14.8. The SMILES string of the molecule is CC(C)NCc1c(C(=O)NC2CCCCC2)nn(-c2ccccc2Cl)c1Oc1ccc(Cl)cc1. The number of aromatic nitrogens is 2. The fourth-order valence-corrected chi connectivity index (χ4v) is 4.43. The number of benzene rings is 2. The normalized spacial score (nSPS) is 14.4. The summed E-state index contributed by atoms with van der Waals surface area (Å²) in [5, 5.41) is 12.4. The van der Waals surface area contributed by atoms with Gasteiger partial charge in [0.1, 0.15) is 5.75 Å². The molecule has 1 fully saturated rings. The molecule has 1 heterocycles. The average Bonchev–Trinajstić information content (AvgIpc) is 3.18. The van der Waals surface area contributed by atoms with Gasteiger partial charge < -0.3 is 15.4 Å². The molecule has 1 aliphatic rings. The maximum atomic E-state index is 13.4. The van der Waals surface area contributed by atoms with E-state index in [1.165, 1.54) is 6.42 Å². The Morgan fingerprint density at radius 2 is 1.79 bits per heavy atom. The zero-order valence-corrected chi connectivity index (χ0v) is 21.0. The Kier molecular flexibility index (Phi) is 8.14. The first-order valence-corrected chi connectivity index (χ1v) is 12.5. The minimum Gasteiger partial charge on any atom is -0.439 e. The lowest BCUT2D eigenvalue weighted by Crippen LogP contribution is -2.37. The van der Waals surface area contributed by atoms with Gasteiger partial charge in [-0.2, -0.15) is 9.78 Å². The van der Waals surface area contributed by atoms with Crippen LogP contribution in [0.25, 0.3) is 5.69 Å². The number of amides is 1. The lowest BCUT2D eigenvalue weighted by molar-refractivity contribution is 0.0921. The lowest BCUT2D eigenvalue weighted by atomic mass is 9.95. The van der Waals surface area contributed by atoms with E-state index in [1.807, 2.05) is 18.2 Å². The third kappa shape index (κ3) is 5.93. The molecule has 0 atom stereocenters. The summed E-state index contributed by atoms with van der Waals surface area (Å²) in [7, 11) is 0. The van der Waals surface area contributed by atoms with Gasteiger partial charge in [0, 0.05) is 23.7 Å². The van der Waals surface area contributed by atoms with Gasteiger partial charge in [0.15, 0.2) is 5.69 Å². The zero-order chi connectivity index (χ0) is 24.1. The van der Waals surface area contributed by atoms with Crippen molar-refractivity contribution < 1.29 is 9.53 Å². The summed E-state index contributed by atoms with van der Waals surface area (Å²) >= 11 is 12.6. The van der Waals surface area contributed by atoms with E-state index in [-0.39, 0.29) is 18.0 Å². The second-order valence-corrected chi connectivity index (χ2v) is 9.74. The van der Waals surface area contributed by atoms with E-state index in [0.717, 1.165) is 25.7 Å². The third-order valence-corrected chi connectivity index (χ3v) is 6.46. The molecular weight excluding hydrogens is 471 g/mol. The molecule has 0 unspecified atom stereocenters. The number of nitrogens with zero attached hydrogens (tertiary/aromatic N) is 2. The Bertz CT molecular complexity index is 1120. The van der Waals surface area contributed by atoms with Crippen LogP contribution in [0.5, 0.6) is 11.6 Å². The maximum Gasteiger partial charge on any atom is 0.272 e. The highest BCUT2D eigenvalue weighted by molar-refractivity contribution is 6.32. The third-order valence-electron chi connectivity index (χ3n) is 5.89. The molecule has 180 valence electrons. The van der Waals surface area contributed by atoms with Crippen molar-refractivity contribution in [2.45, 2.75) is 64.6 Å². The van der Waals surface area contributed by atoms with Gasteiger partial charge in [-0.15, -0.1) is 0 Å². The van der Waals surface area contributed by atoms with Crippen LogP contribution < -0.4 is 15.4 Å². The van der Waals surface area contributed by atoms with Crippen molar-refractivity contribution in [1.82, 2.24) is 20.4 Å². The van der Waals surface area contributed by atoms with Gasteiger partial charge >= 0.3 is 0 Å². The van der Waals surface area contributed by atoms with E-state index in [9.17, 15) is 4.79 Å². The van der Waals surface area contributed by atoms with Crippen molar-refractivity contribution in [3.63, 3.8) is 0 Å². The summed E-state index contributed by atoms with van der Waals surface area (Å²) in [5.41, 5.74) is 1.65. The van der Waals surface area contributed by atoms with Crippen molar-refractivity contribution in [3.05, 3.63) is 69.8 Å². The molecule has 6 nitrogen and oxygen atoms in total. The molecule has 0 radical (unpaired) electrons. The zero-order valence-electron chi connectivity index (χ0n) is 19.5. The molecule has 2 N–H and O–H groups in total. The summed E-state index contributed by atoms with van der Waals surface area (Å²) in [6.07, 6.45) is 5.46. The van der Waals surface area contributed by atoms with Crippen LogP contribution in [0.3, 0.4) is 0 Å². The lowest BCUT2D eigenvalue weighted by Gasteiger charge is -2.22. The van der Waals surface area contributed by atoms with E-state index >= 15 is 0 Å². The van der Waals surface area contributed by atoms with Gasteiger partial charge in [0.2, 0.25) is 5.88 Å². The van der Waals surface area contributed by atoms with Crippen LogP contribution >= 0.6 is 23.2 Å². The number of carbonyl (C=O) groups excluding carboxylic acids is 1. The number of para-hydroxylation sites is 1. The average molecular weight is 501 g/mol. The number of ether oxygens (including phenoxy) is 1. The molecule has 0 bridgehead atoms. The van der Waals surface area contributed by atoms with E-state index in [1.54, 1.807) is 35.0 Å². The van der Waals surface area contributed by atoms with Crippen molar-refractivity contribution >= 4 is 29.1 Å². The molecular formula is C26H30Cl2N4O2. The topological polar surface area (TPSA) is 68.2 Å². The predicted molar refractivity (Wildman–Crippen MR) is 136 cm³/mol. The van der Waals surface area contributed by atoms with Gasteiger partial charge in [0.05, 0.1) is 16.3 Å². The Labute approximate surface area is 210 Å². The summed E-state index contributed by atoms with van der Waals surface area (Å²) in [5.74, 6) is 0.833. The van der Waals surface area contributed by atoms with E-state index in [0.29, 0.717) is 45.2 Å². The number of hydrogen-bond donors (Lipinski definition) is 2. The summed E-state index contributed by atoms with van der Waals surface area (Å²) in [6.45, 7) is 4.53. The Balaban J connectivity index is 1.79. The van der Waals surface area contributed by atoms with Crippen molar-refractivity contribution in [2.24, 2.45) is 0 Å². The minimum absolute atomic E-state index is 0.165. The molecule has 1 saturated carbocycles. The first-order chi connectivity index (χ1) is 16.4. The number of nitrogens with one attached hydrogen (secondary N) is 2. The van der Waals surface area contributed by atoms with Crippen LogP contribution in [-0.2, 0) is 6.54 Å². The molecule has 3 aromatic rings. The Morgan fingerprint density at radius 1 is 1.09 bits per heavy atom. The standard InChI is InChI=1S/C26H30Cl2N4O2/c1-17(2)29-16-21-24(25(33)30-19-8-4-3-5-9-19)31-32(23-11-7-6-10-22(23)28)26(21)34-20-14-12-18(27)13-15-20/h6-7,10-15,17,19,29H,3-5,8-9,16H2,1-2H3,(H,30,33). The molecule has 1 amide bonds. The highest BCUT2D eigenvalue weighted by atomic mass is 35.5. The van der Waals surface area contributed by atoms with Crippen LogP contribution in [0.2, 0.25) is 10.0 Å². The molecule has 8 heteroatoms. The number of carbonyl (C=O) groups is 1. The van der Waals surface area contributed by atoms with Crippen molar-refractivity contribution in [2.75, 3.05) is 0 Å². The second kappa shape index (κ2) is 11.3. The van der Waals surface area contributed by atoms with E-state index in [2.05, 4.69) is 24.5 Å². The van der Waals surface area contributed by atoms with Gasteiger partial charge in [-0.05, 0) is 49.2 Å². The van der Waals surface area contributed by atoms with Crippen molar-refractivity contribution in [3.8, 4) is 17.3 Å². The highest BCUT2D eigenvalue weighted by Gasteiger charge is 2.28. The molecule has 0 saturated heterocycles. The smallest absolute Gasteiger partial charge is 0.272 e. The Morgan fingerprint density at radius 3 is 2.47 bits per heavy atom. The molecule has 4 rings (SSSR count). The molecule has 2 aromatic carbocycles. The van der Waals surface area contributed by atoms with Crippen LogP contribution in [0.4, 0.5) is 0 Å². The maximum absolute atomic E-state index is 13.4. The number of rotatable bonds is 8. The van der Waals surface area contributed by atoms with Gasteiger partial charge in [-0.25, -0.2) is 0 Å². The van der Waals surface area contributed by atoms with Crippen LogP contribution in [0.1, 0.15) is 62.0 Å². The predicted octanol–water partition coefficient (Wildman–Crippen LogP) is 6.53. The van der Waals surface area contributed by atoms with Gasteiger partial charge in [-0.1, -0.05) is 68.4 Å². The first kappa shape index (κ1) is 24.6. The molecule has 0 aliphatic heterocycles. The van der Waals surface area contributed by atoms with Crippen LogP contribution in [-0.4, -0.2) is 27.8 Å². The molecule has 1 aliphatic carbocycles. The van der Waals surface area contributed by atoms with Crippen molar-refractivity contribution in [1.29, 1.82) is 0 Å². The van der Waals surface area contributed by atoms with Crippen LogP contribution in [0, 0.1) is 0 Å². The summed E-state index contributed by atoms with van der Waals surface area (Å²) in [4.78, 5) is 13.4. The van der Waals surface area contributed by atoms with Gasteiger partial charge in [-0.3, -0.25) is 4.79 Å². The monoisotopic (exact) mass is 500 g/mol. The quantitative estimate of drug-likeness (QED) is 0.368. The Hall–Kier alpha value is -2.54. The number of hydrogen-bond acceptors (Lipinski definition) is 4. The fraction of sp³-hybridized carbons (Fsp3) is 0.385. The van der Waals surface area contributed by atoms with E-state index in [4.69, 9.17) is 33.0 Å². The fourth-order valence-electron chi connectivity index (χ4n) is 4.09. The molecule has 1 aromatic heterocycles. The highest BCUT2D eigenvalue weighted by Crippen LogP contribution is 2.34. The second-order valence-electron chi connectivity index (χ2n) is 8.90. The largest absolute Gasteiger partial charge is 0.439 e. The minimum atomic E-state index is -0.195. The van der Waals surface area contributed by atoms with E-state index < -0.39 is 0 Å². The molecule has 34 heavy (non-hydrogen) atoms. The number of halogens is 2. The van der Waals surface area contributed by atoms with Gasteiger partial charge in [0.25, 0.3) is 5.91 Å². The first-order valence-electron chi connectivity index (χ1n) is 11.8. The van der Waals surface area contributed by atoms with Crippen LogP contribution in [0.15, 0.2) is 48.5 Å². The summed E-state index contributed by atoms with van der Waals surface area (Å²) < 4.78 is 7.94.